The van der Waals surface area contributed by atoms with E-state index in [0.29, 0.717) is 13.2 Å². The van der Waals surface area contributed by atoms with Crippen molar-refractivity contribution in [3.05, 3.63) is 22.9 Å². The van der Waals surface area contributed by atoms with Crippen LogP contribution in [0.4, 0.5) is 26.3 Å². The molecule has 0 bridgehead atoms. The zero-order valence-corrected chi connectivity index (χ0v) is 10.3. The fraction of sp³-hybridized carbons (Fsp3) is 0.400. The fourth-order valence-electron chi connectivity index (χ4n) is 1.38. The molecule has 0 saturated heterocycles. The van der Waals surface area contributed by atoms with Gasteiger partial charge in [0.25, 0.3) is 0 Å². The number of halogens is 6. The molecule has 2 N–H and O–H groups in total. The van der Waals surface area contributed by atoms with E-state index in [-0.39, 0.29) is 0 Å². The van der Waals surface area contributed by atoms with Gasteiger partial charge in [0.2, 0.25) is 5.88 Å². The van der Waals surface area contributed by atoms with E-state index in [1.54, 1.807) is 0 Å². The number of ether oxygens (including phenoxy) is 2. The van der Waals surface area contributed by atoms with E-state index in [4.69, 9.17) is 5.73 Å². The third kappa shape index (κ3) is 4.21. The first-order chi connectivity index (χ1) is 9.49. The van der Waals surface area contributed by atoms with Crippen molar-refractivity contribution >= 4 is 5.97 Å². The number of hydrogen-bond acceptors (Lipinski definition) is 5. The Balaban J connectivity index is 3.62. The Morgan fingerprint density at radius 2 is 1.86 bits per heavy atom. The van der Waals surface area contributed by atoms with Gasteiger partial charge in [-0.15, -0.1) is 13.2 Å². The zero-order valence-electron chi connectivity index (χ0n) is 10.3. The van der Waals surface area contributed by atoms with Crippen LogP contribution in [0.5, 0.6) is 5.88 Å². The summed E-state index contributed by atoms with van der Waals surface area (Å²) in [5.74, 6) is -3.23. The van der Waals surface area contributed by atoms with Crippen LogP contribution < -0.4 is 10.5 Å². The van der Waals surface area contributed by atoms with Gasteiger partial charge in [-0.1, -0.05) is 0 Å². The van der Waals surface area contributed by atoms with Crippen molar-refractivity contribution in [1.29, 1.82) is 0 Å². The van der Waals surface area contributed by atoms with Crippen molar-refractivity contribution in [2.45, 2.75) is 19.1 Å². The third-order valence-corrected chi connectivity index (χ3v) is 2.16. The molecule has 0 aliphatic heterocycles. The lowest BCUT2D eigenvalue weighted by Crippen LogP contribution is -2.24. The summed E-state index contributed by atoms with van der Waals surface area (Å²) in [7, 11) is 0.705. The predicted molar refractivity (Wildman–Crippen MR) is 55.2 cm³/mol. The molecule has 118 valence electrons. The van der Waals surface area contributed by atoms with Crippen LogP contribution in [-0.2, 0) is 17.5 Å². The van der Waals surface area contributed by atoms with E-state index in [1.165, 1.54) is 0 Å². The lowest BCUT2D eigenvalue weighted by Gasteiger charge is -2.17. The third-order valence-electron chi connectivity index (χ3n) is 2.16. The molecule has 0 aromatic carbocycles. The molecule has 1 aromatic rings. The minimum Gasteiger partial charge on any atom is -0.465 e. The molecule has 21 heavy (non-hydrogen) atoms. The number of carbonyl (C=O) groups is 1. The summed E-state index contributed by atoms with van der Waals surface area (Å²) in [5, 5.41) is 0. The summed E-state index contributed by atoms with van der Waals surface area (Å²) in [4.78, 5) is 14.5. The first kappa shape index (κ1) is 17.0. The van der Waals surface area contributed by atoms with Crippen LogP contribution in [0.25, 0.3) is 0 Å². The smallest absolute Gasteiger partial charge is 0.465 e. The topological polar surface area (TPSA) is 74.4 Å². The van der Waals surface area contributed by atoms with Crippen LogP contribution in [0, 0.1) is 0 Å². The molecule has 11 heteroatoms. The van der Waals surface area contributed by atoms with E-state index in [9.17, 15) is 31.1 Å². The van der Waals surface area contributed by atoms with Gasteiger partial charge in [-0.3, -0.25) is 0 Å². The Bertz CT molecular complexity index is 541. The number of aromatic nitrogens is 1. The van der Waals surface area contributed by atoms with Gasteiger partial charge < -0.3 is 15.2 Å². The molecule has 0 spiro atoms. The lowest BCUT2D eigenvalue weighted by atomic mass is 10.1. The molecule has 0 unspecified atom stereocenters. The number of hydrogen-bond donors (Lipinski definition) is 1. The number of rotatable bonds is 3. The molecule has 0 amide bonds. The zero-order chi connectivity index (χ0) is 16.4. The highest BCUT2D eigenvalue weighted by Gasteiger charge is 2.42. The minimum atomic E-state index is -5.34. The summed E-state index contributed by atoms with van der Waals surface area (Å²) in [6.45, 7) is -0.585. The molecule has 1 rings (SSSR count). The van der Waals surface area contributed by atoms with E-state index in [1.807, 2.05) is 0 Å². The van der Waals surface area contributed by atoms with Crippen LogP contribution in [0.1, 0.15) is 21.6 Å². The van der Waals surface area contributed by atoms with Crippen molar-refractivity contribution in [3.8, 4) is 5.88 Å². The van der Waals surface area contributed by atoms with Gasteiger partial charge in [0, 0.05) is 6.54 Å². The molecular formula is C10H8F6N2O3. The van der Waals surface area contributed by atoms with Gasteiger partial charge in [0.1, 0.15) is 5.56 Å². The van der Waals surface area contributed by atoms with Gasteiger partial charge in [-0.2, -0.15) is 13.2 Å². The maximum Gasteiger partial charge on any atom is 0.574 e. The van der Waals surface area contributed by atoms with Crippen molar-refractivity contribution < 1.29 is 40.6 Å². The second-order valence-corrected chi connectivity index (χ2v) is 3.58. The standard InChI is InChI=1S/C10H8F6N2O3/c1-20-8(19)6-5(9(11,12)13)2-4(3-17)18-7(6)21-10(14,15)16/h2H,3,17H2,1H3. The molecule has 0 atom stereocenters. The molecule has 5 nitrogen and oxygen atoms in total. The van der Waals surface area contributed by atoms with Gasteiger partial charge in [0.05, 0.1) is 18.4 Å². The number of nitrogens with two attached hydrogens (primary N) is 1. The number of nitrogens with zero attached hydrogens (tertiary/aromatic N) is 1. The van der Waals surface area contributed by atoms with Crippen molar-refractivity contribution in [2.24, 2.45) is 5.73 Å². The van der Waals surface area contributed by atoms with E-state index in [2.05, 4.69) is 14.5 Å². The minimum absolute atomic E-state index is 0.357. The Labute approximate surface area is 113 Å². The van der Waals surface area contributed by atoms with Crippen molar-refractivity contribution in [2.75, 3.05) is 7.11 Å². The highest BCUT2D eigenvalue weighted by Crippen LogP contribution is 2.37. The quantitative estimate of drug-likeness (QED) is 0.683. The highest BCUT2D eigenvalue weighted by molar-refractivity contribution is 5.93. The lowest BCUT2D eigenvalue weighted by molar-refractivity contribution is -0.276. The van der Waals surface area contributed by atoms with Crippen LogP contribution in [-0.4, -0.2) is 24.4 Å². The Hall–Kier alpha value is -2.04. The number of carbonyl (C=O) groups excluding carboxylic acids is 1. The molecular weight excluding hydrogens is 310 g/mol. The maximum atomic E-state index is 12.9. The number of esters is 1. The largest absolute Gasteiger partial charge is 0.574 e. The van der Waals surface area contributed by atoms with Crippen LogP contribution in [0.3, 0.4) is 0 Å². The van der Waals surface area contributed by atoms with Crippen LogP contribution in [0.15, 0.2) is 6.07 Å². The second kappa shape index (κ2) is 5.76. The first-order valence-corrected chi connectivity index (χ1v) is 5.15. The Morgan fingerprint density at radius 1 is 1.29 bits per heavy atom. The molecule has 0 fully saturated rings. The van der Waals surface area contributed by atoms with Gasteiger partial charge in [-0.25, -0.2) is 9.78 Å². The molecule has 0 saturated carbocycles. The number of methoxy groups -OCH3 is 1. The summed E-state index contributed by atoms with van der Waals surface area (Å²) in [5.41, 5.74) is 1.39. The summed E-state index contributed by atoms with van der Waals surface area (Å²) in [6, 6.07) is 0.357. The normalized spacial score (nSPS) is 12.2. The number of alkyl halides is 6. The molecule has 1 heterocycles. The van der Waals surface area contributed by atoms with Gasteiger partial charge >= 0.3 is 18.5 Å². The number of pyridine rings is 1. The van der Waals surface area contributed by atoms with E-state index in [0.717, 1.165) is 0 Å². The fourth-order valence-corrected chi connectivity index (χ4v) is 1.38. The maximum absolute atomic E-state index is 12.9. The predicted octanol–water partition coefficient (Wildman–Crippen LogP) is 2.24. The summed E-state index contributed by atoms with van der Waals surface area (Å²) < 4.78 is 82.7. The highest BCUT2D eigenvalue weighted by atomic mass is 19.4. The summed E-state index contributed by atoms with van der Waals surface area (Å²) in [6.07, 6.45) is -10.5. The van der Waals surface area contributed by atoms with E-state index >= 15 is 0 Å². The second-order valence-electron chi connectivity index (χ2n) is 3.58. The molecule has 0 aliphatic rings. The Morgan fingerprint density at radius 3 is 2.24 bits per heavy atom. The molecule has 1 aromatic heterocycles. The van der Waals surface area contributed by atoms with Crippen LogP contribution >= 0.6 is 0 Å². The van der Waals surface area contributed by atoms with Crippen LogP contribution in [0.2, 0.25) is 0 Å². The monoisotopic (exact) mass is 318 g/mol. The SMILES string of the molecule is COC(=O)c1c(C(F)(F)F)cc(CN)nc1OC(F)(F)F. The average Bonchev–Trinajstić information content (AvgIpc) is 2.33. The first-order valence-electron chi connectivity index (χ1n) is 5.15. The van der Waals surface area contributed by atoms with Crippen molar-refractivity contribution in [1.82, 2.24) is 4.98 Å². The summed E-state index contributed by atoms with van der Waals surface area (Å²) >= 11 is 0. The molecule has 0 aliphatic carbocycles. The molecule has 0 radical (unpaired) electrons. The van der Waals surface area contributed by atoms with E-state index < -0.39 is 47.8 Å². The van der Waals surface area contributed by atoms with Gasteiger partial charge in [-0.05, 0) is 6.07 Å². The van der Waals surface area contributed by atoms with Crippen molar-refractivity contribution in [3.63, 3.8) is 0 Å². The Kier molecular flexibility index (Phi) is 4.66. The average molecular weight is 318 g/mol. The van der Waals surface area contributed by atoms with Gasteiger partial charge in [0.15, 0.2) is 0 Å².